The van der Waals surface area contributed by atoms with Crippen molar-refractivity contribution in [2.75, 3.05) is 40.0 Å². The highest BCUT2D eigenvalue weighted by Gasteiger charge is 2.45. The van der Waals surface area contributed by atoms with E-state index in [1.807, 2.05) is 30.3 Å². The lowest BCUT2D eigenvalue weighted by Gasteiger charge is -2.41. The van der Waals surface area contributed by atoms with Gasteiger partial charge in [-0.1, -0.05) is 30.3 Å². The molecule has 1 amide bonds. The SMILES string of the molecule is COC(=O)C1(c2ccccc2)CCN(C(=O)[C@H]2COCCO2)CC1. The summed E-state index contributed by atoms with van der Waals surface area (Å²) in [4.78, 5) is 26.8. The highest BCUT2D eigenvalue weighted by atomic mass is 16.6. The van der Waals surface area contributed by atoms with Crippen LogP contribution in [0.5, 0.6) is 0 Å². The Labute approximate surface area is 141 Å². The van der Waals surface area contributed by atoms with Gasteiger partial charge < -0.3 is 19.1 Å². The number of carbonyl (C=O) groups excluding carboxylic acids is 2. The van der Waals surface area contributed by atoms with Gasteiger partial charge in [0.25, 0.3) is 5.91 Å². The maximum atomic E-state index is 12.5. The predicted octanol–water partition coefficient (Wildman–Crippen LogP) is 1.14. The van der Waals surface area contributed by atoms with Crippen LogP contribution in [0, 0.1) is 0 Å². The molecule has 0 aliphatic carbocycles. The first kappa shape index (κ1) is 16.9. The van der Waals surface area contributed by atoms with Gasteiger partial charge in [-0.15, -0.1) is 0 Å². The molecule has 1 atom stereocenters. The summed E-state index contributed by atoms with van der Waals surface area (Å²) >= 11 is 0. The monoisotopic (exact) mass is 333 g/mol. The van der Waals surface area contributed by atoms with Gasteiger partial charge >= 0.3 is 5.97 Å². The minimum atomic E-state index is -0.684. The fraction of sp³-hybridized carbons (Fsp3) is 0.556. The standard InChI is InChI=1S/C18H23NO5/c1-22-17(21)18(14-5-3-2-4-6-14)7-9-19(10-8-18)16(20)15-13-23-11-12-24-15/h2-6,15H,7-13H2,1H3/t15-/m1/s1. The molecular weight excluding hydrogens is 310 g/mol. The smallest absolute Gasteiger partial charge is 0.316 e. The summed E-state index contributed by atoms with van der Waals surface area (Å²) in [6.45, 7) is 2.28. The summed E-state index contributed by atoms with van der Waals surface area (Å²) in [6, 6.07) is 9.67. The predicted molar refractivity (Wildman–Crippen MR) is 86.5 cm³/mol. The molecule has 2 aliphatic rings. The molecule has 1 aromatic rings. The third-order valence-corrected chi connectivity index (χ3v) is 4.92. The van der Waals surface area contributed by atoms with E-state index in [-0.39, 0.29) is 11.9 Å². The van der Waals surface area contributed by atoms with Gasteiger partial charge in [0.2, 0.25) is 0 Å². The zero-order valence-corrected chi connectivity index (χ0v) is 13.9. The van der Waals surface area contributed by atoms with E-state index in [4.69, 9.17) is 14.2 Å². The lowest BCUT2D eigenvalue weighted by atomic mass is 9.72. The van der Waals surface area contributed by atoms with Crippen LogP contribution in [-0.2, 0) is 29.2 Å². The minimum absolute atomic E-state index is 0.0544. The molecule has 0 N–H and O–H groups in total. The van der Waals surface area contributed by atoms with E-state index in [0.29, 0.717) is 45.8 Å². The molecule has 2 aliphatic heterocycles. The molecule has 130 valence electrons. The van der Waals surface area contributed by atoms with Crippen molar-refractivity contribution >= 4 is 11.9 Å². The number of likely N-dealkylation sites (tertiary alicyclic amines) is 1. The summed E-state index contributed by atoms with van der Waals surface area (Å²) < 4.78 is 15.9. The molecule has 3 rings (SSSR count). The Morgan fingerprint density at radius 3 is 2.46 bits per heavy atom. The zero-order valence-electron chi connectivity index (χ0n) is 13.9. The molecule has 0 saturated carbocycles. The number of esters is 1. The molecule has 2 heterocycles. The molecule has 6 heteroatoms. The Kier molecular flexibility index (Phi) is 5.16. The van der Waals surface area contributed by atoms with E-state index < -0.39 is 11.5 Å². The summed E-state index contributed by atoms with van der Waals surface area (Å²) in [6.07, 6.45) is 0.563. The third kappa shape index (κ3) is 3.16. The van der Waals surface area contributed by atoms with Crippen LogP contribution in [0.1, 0.15) is 18.4 Å². The molecule has 0 unspecified atom stereocenters. The van der Waals surface area contributed by atoms with Crippen LogP contribution in [-0.4, -0.2) is 62.9 Å². The van der Waals surface area contributed by atoms with Crippen LogP contribution in [0.25, 0.3) is 0 Å². The molecule has 0 bridgehead atoms. The van der Waals surface area contributed by atoms with Crippen molar-refractivity contribution in [2.45, 2.75) is 24.4 Å². The van der Waals surface area contributed by atoms with E-state index in [2.05, 4.69) is 0 Å². The molecule has 2 saturated heterocycles. The van der Waals surface area contributed by atoms with Gasteiger partial charge in [-0.25, -0.2) is 0 Å². The van der Waals surface area contributed by atoms with Crippen molar-refractivity contribution in [3.63, 3.8) is 0 Å². The van der Waals surface area contributed by atoms with Gasteiger partial charge in [-0.2, -0.15) is 0 Å². The molecule has 1 aromatic carbocycles. The number of benzene rings is 1. The van der Waals surface area contributed by atoms with Crippen molar-refractivity contribution < 1.29 is 23.8 Å². The molecule has 6 nitrogen and oxygen atoms in total. The number of hydrogen-bond acceptors (Lipinski definition) is 5. The second-order valence-corrected chi connectivity index (χ2v) is 6.20. The van der Waals surface area contributed by atoms with Crippen molar-refractivity contribution in [3.05, 3.63) is 35.9 Å². The van der Waals surface area contributed by atoms with Crippen molar-refractivity contribution in [1.29, 1.82) is 0 Å². The van der Waals surface area contributed by atoms with E-state index in [1.165, 1.54) is 7.11 Å². The number of piperidine rings is 1. The maximum absolute atomic E-state index is 12.5. The fourth-order valence-corrected chi connectivity index (χ4v) is 3.51. The number of hydrogen-bond donors (Lipinski definition) is 0. The Bertz CT molecular complexity index is 574. The van der Waals surface area contributed by atoms with Gasteiger partial charge in [0.1, 0.15) is 0 Å². The summed E-state index contributed by atoms with van der Waals surface area (Å²) in [5.74, 6) is -0.292. The molecule has 24 heavy (non-hydrogen) atoms. The normalized spacial score (nSPS) is 23.5. The topological polar surface area (TPSA) is 65.1 Å². The Hall–Kier alpha value is -1.92. The highest BCUT2D eigenvalue weighted by Crippen LogP contribution is 2.37. The first-order valence-electron chi connectivity index (χ1n) is 8.29. The molecule has 0 spiro atoms. The Balaban J connectivity index is 1.73. The average Bonchev–Trinajstić information content (AvgIpc) is 2.68. The van der Waals surface area contributed by atoms with Crippen molar-refractivity contribution in [1.82, 2.24) is 4.90 Å². The van der Waals surface area contributed by atoms with E-state index in [9.17, 15) is 9.59 Å². The second-order valence-electron chi connectivity index (χ2n) is 6.20. The zero-order chi connectivity index (χ0) is 17.0. The first-order chi connectivity index (χ1) is 11.7. The lowest BCUT2D eigenvalue weighted by molar-refractivity contribution is -0.162. The summed E-state index contributed by atoms with van der Waals surface area (Å²) in [5.41, 5.74) is 0.262. The van der Waals surface area contributed by atoms with E-state index >= 15 is 0 Å². The van der Waals surface area contributed by atoms with E-state index in [1.54, 1.807) is 4.90 Å². The number of ether oxygens (including phenoxy) is 3. The average molecular weight is 333 g/mol. The number of methoxy groups -OCH3 is 1. The van der Waals surface area contributed by atoms with Gasteiger partial charge in [0.05, 0.1) is 32.3 Å². The second kappa shape index (κ2) is 7.32. The minimum Gasteiger partial charge on any atom is -0.468 e. The van der Waals surface area contributed by atoms with Gasteiger partial charge in [0, 0.05) is 13.1 Å². The van der Waals surface area contributed by atoms with E-state index in [0.717, 1.165) is 5.56 Å². The quantitative estimate of drug-likeness (QED) is 0.776. The van der Waals surface area contributed by atoms with Crippen LogP contribution < -0.4 is 0 Å². The molecule has 2 fully saturated rings. The van der Waals surface area contributed by atoms with Gasteiger partial charge in [0.15, 0.2) is 6.10 Å². The van der Waals surface area contributed by atoms with Gasteiger partial charge in [-0.05, 0) is 18.4 Å². The van der Waals surface area contributed by atoms with Crippen LogP contribution in [0.3, 0.4) is 0 Å². The van der Waals surface area contributed by atoms with Crippen molar-refractivity contribution in [2.24, 2.45) is 0 Å². The van der Waals surface area contributed by atoms with Crippen LogP contribution >= 0.6 is 0 Å². The summed E-state index contributed by atoms with van der Waals surface area (Å²) in [5, 5.41) is 0. The Morgan fingerprint density at radius 1 is 1.17 bits per heavy atom. The molecular formula is C18H23NO5. The number of nitrogens with zero attached hydrogens (tertiary/aromatic N) is 1. The number of rotatable bonds is 3. The van der Waals surface area contributed by atoms with Crippen LogP contribution in [0.4, 0.5) is 0 Å². The van der Waals surface area contributed by atoms with Crippen LogP contribution in [0.2, 0.25) is 0 Å². The van der Waals surface area contributed by atoms with Gasteiger partial charge in [-0.3, -0.25) is 9.59 Å². The highest BCUT2D eigenvalue weighted by molar-refractivity contribution is 5.85. The maximum Gasteiger partial charge on any atom is 0.316 e. The lowest BCUT2D eigenvalue weighted by Crippen LogP contribution is -2.53. The third-order valence-electron chi connectivity index (χ3n) is 4.92. The fourth-order valence-electron chi connectivity index (χ4n) is 3.51. The van der Waals surface area contributed by atoms with Crippen molar-refractivity contribution in [3.8, 4) is 0 Å². The summed E-state index contributed by atoms with van der Waals surface area (Å²) in [7, 11) is 1.41. The Morgan fingerprint density at radius 2 is 1.88 bits per heavy atom. The van der Waals surface area contributed by atoms with Crippen LogP contribution in [0.15, 0.2) is 30.3 Å². The molecule has 0 aromatic heterocycles. The first-order valence-corrected chi connectivity index (χ1v) is 8.29. The number of amides is 1. The number of carbonyl (C=O) groups is 2. The molecule has 0 radical (unpaired) electrons. The largest absolute Gasteiger partial charge is 0.468 e.